The standard InChI is InChI=1S/C22H25N3O3/c1-3-14-23-22(27)25-15-6-9-20(25)21(26)24-19-8-5-4-7-18(19)16-10-12-17(28-2)13-11-16/h3-5,7-8,10-13,20H,1,6,9,14-15H2,2H3,(H,23,27)(H,24,26). The Morgan fingerprint density at radius 2 is 1.96 bits per heavy atom. The van der Waals surface area contributed by atoms with Gasteiger partial charge in [0.25, 0.3) is 0 Å². The highest BCUT2D eigenvalue weighted by Crippen LogP contribution is 2.30. The molecule has 2 aromatic carbocycles. The maximum absolute atomic E-state index is 12.9. The minimum absolute atomic E-state index is 0.174. The molecule has 3 rings (SSSR count). The zero-order chi connectivity index (χ0) is 19.9. The Hall–Kier alpha value is -3.28. The minimum atomic E-state index is -0.478. The minimum Gasteiger partial charge on any atom is -0.497 e. The number of benzene rings is 2. The summed E-state index contributed by atoms with van der Waals surface area (Å²) >= 11 is 0. The summed E-state index contributed by atoms with van der Waals surface area (Å²) in [6.45, 7) is 4.55. The van der Waals surface area contributed by atoms with E-state index >= 15 is 0 Å². The topological polar surface area (TPSA) is 70.7 Å². The van der Waals surface area contributed by atoms with Gasteiger partial charge in [0.05, 0.1) is 7.11 Å². The third-order valence-corrected chi connectivity index (χ3v) is 4.80. The number of carbonyl (C=O) groups excluding carboxylic acids is 2. The lowest BCUT2D eigenvalue weighted by atomic mass is 10.0. The summed E-state index contributed by atoms with van der Waals surface area (Å²) in [4.78, 5) is 26.8. The second-order valence-corrected chi connectivity index (χ2v) is 6.59. The van der Waals surface area contributed by atoms with E-state index < -0.39 is 6.04 Å². The first kappa shape index (κ1) is 19.5. The SMILES string of the molecule is C=CCNC(=O)N1CCCC1C(=O)Nc1ccccc1-c1ccc(OC)cc1. The van der Waals surface area contributed by atoms with E-state index in [0.717, 1.165) is 29.0 Å². The van der Waals surface area contributed by atoms with Crippen molar-refractivity contribution in [1.29, 1.82) is 0 Å². The molecule has 146 valence electrons. The number of amides is 3. The first-order valence-corrected chi connectivity index (χ1v) is 9.33. The lowest BCUT2D eigenvalue weighted by Crippen LogP contribution is -2.47. The number of nitrogens with zero attached hydrogens (tertiary/aromatic N) is 1. The summed E-state index contributed by atoms with van der Waals surface area (Å²) in [6.07, 6.45) is 3.08. The highest BCUT2D eigenvalue weighted by Gasteiger charge is 2.34. The fourth-order valence-electron chi connectivity index (χ4n) is 3.37. The maximum Gasteiger partial charge on any atom is 0.318 e. The maximum atomic E-state index is 12.9. The second kappa shape index (κ2) is 9.08. The van der Waals surface area contributed by atoms with Crippen molar-refractivity contribution in [3.63, 3.8) is 0 Å². The molecular formula is C22H25N3O3. The molecule has 2 N–H and O–H groups in total. The number of carbonyl (C=O) groups is 2. The number of likely N-dealkylation sites (tertiary alicyclic amines) is 1. The molecule has 6 nitrogen and oxygen atoms in total. The number of anilines is 1. The Bertz CT molecular complexity index is 848. The molecule has 0 aromatic heterocycles. The predicted octanol–water partition coefficient (Wildman–Crippen LogP) is 3.66. The smallest absolute Gasteiger partial charge is 0.318 e. The number of urea groups is 1. The average Bonchev–Trinajstić information content (AvgIpc) is 3.23. The highest BCUT2D eigenvalue weighted by molar-refractivity contribution is 6.00. The van der Waals surface area contributed by atoms with Crippen LogP contribution in [0.2, 0.25) is 0 Å². The first-order chi connectivity index (χ1) is 13.6. The normalized spacial score (nSPS) is 15.8. The molecule has 1 aliphatic rings. The number of ether oxygens (including phenoxy) is 1. The number of methoxy groups -OCH3 is 1. The van der Waals surface area contributed by atoms with Crippen molar-refractivity contribution < 1.29 is 14.3 Å². The van der Waals surface area contributed by atoms with E-state index in [9.17, 15) is 9.59 Å². The van der Waals surface area contributed by atoms with E-state index in [1.807, 2.05) is 48.5 Å². The zero-order valence-corrected chi connectivity index (χ0v) is 16.0. The molecule has 0 radical (unpaired) electrons. The number of para-hydroxylation sites is 1. The lowest BCUT2D eigenvalue weighted by molar-refractivity contribution is -0.119. The van der Waals surface area contributed by atoms with Crippen LogP contribution < -0.4 is 15.4 Å². The molecule has 2 aromatic rings. The van der Waals surface area contributed by atoms with Crippen LogP contribution in [0.4, 0.5) is 10.5 Å². The Kier molecular flexibility index (Phi) is 6.32. The largest absolute Gasteiger partial charge is 0.497 e. The molecule has 3 amide bonds. The van der Waals surface area contributed by atoms with Crippen LogP contribution >= 0.6 is 0 Å². The van der Waals surface area contributed by atoms with Crippen LogP contribution in [-0.4, -0.2) is 43.1 Å². The summed E-state index contributed by atoms with van der Waals surface area (Å²) < 4.78 is 5.21. The van der Waals surface area contributed by atoms with Crippen molar-refractivity contribution in [2.24, 2.45) is 0 Å². The molecule has 1 atom stereocenters. The lowest BCUT2D eigenvalue weighted by Gasteiger charge is -2.24. The van der Waals surface area contributed by atoms with Crippen LogP contribution in [0.25, 0.3) is 11.1 Å². The van der Waals surface area contributed by atoms with Crippen molar-refractivity contribution in [2.45, 2.75) is 18.9 Å². The molecule has 0 spiro atoms. The molecule has 0 saturated carbocycles. The van der Waals surface area contributed by atoms with E-state index in [-0.39, 0.29) is 11.9 Å². The molecule has 28 heavy (non-hydrogen) atoms. The van der Waals surface area contributed by atoms with Gasteiger partial charge in [0.15, 0.2) is 0 Å². The zero-order valence-electron chi connectivity index (χ0n) is 16.0. The molecule has 0 aliphatic carbocycles. The third-order valence-electron chi connectivity index (χ3n) is 4.80. The van der Waals surface area contributed by atoms with Crippen LogP contribution in [0.1, 0.15) is 12.8 Å². The fraction of sp³-hybridized carbons (Fsp3) is 0.273. The van der Waals surface area contributed by atoms with Crippen molar-refractivity contribution in [1.82, 2.24) is 10.2 Å². The van der Waals surface area contributed by atoms with Gasteiger partial charge in [0.2, 0.25) is 5.91 Å². The average molecular weight is 379 g/mol. The second-order valence-electron chi connectivity index (χ2n) is 6.59. The summed E-state index contributed by atoms with van der Waals surface area (Å²) in [7, 11) is 1.63. The molecule has 1 heterocycles. The van der Waals surface area contributed by atoms with E-state index in [0.29, 0.717) is 19.5 Å². The molecule has 1 saturated heterocycles. The van der Waals surface area contributed by atoms with Gasteiger partial charge in [0.1, 0.15) is 11.8 Å². The summed E-state index contributed by atoms with van der Waals surface area (Å²) in [6, 6.07) is 14.6. The quantitative estimate of drug-likeness (QED) is 0.753. The number of rotatable bonds is 6. The van der Waals surface area contributed by atoms with Crippen LogP contribution in [0, 0.1) is 0 Å². The Morgan fingerprint density at radius 3 is 2.68 bits per heavy atom. The van der Waals surface area contributed by atoms with Crippen molar-refractivity contribution in [3.05, 3.63) is 61.2 Å². The molecule has 1 fully saturated rings. The van der Waals surface area contributed by atoms with Gasteiger partial charge in [-0.25, -0.2) is 4.79 Å². The van der Waals surface area contributed by atoms with Crippen LogP contribution in [-0.2, 0) is 4.79 Å². The van der Waals surface area contributed by atoms with E-state index in [1.54, 1.807) is 18.1 Å². The Balaban J connectivity index is 1.77. The van der Waals surface area contributed by atoms with Gasteiger partial charge < -0.3 is 20.3 Å². The summed E-state index contributed by atoms with van der Waals surface area (Å²) in [5.41, 5.74) is 2.61. The molecule has 1 unspecified atom stereocenters. The van der Waals surface area contributed by atoms with Crippen molar-refractivity contribution >= 4 is 17.6 Å². The van der Waals surface area contributed by atoms with Gasteiger partial charge in [-0.05, 0) is 36.6 Å². The monoisotopic (exact) mass is 379 g/mol. The predicted molar refractivity (Wildman–Crippen MR) is 110 cm³/mol. The molecule has 1 aliphatic heterocycles. The van der Waals surface area contributed by atoms with Gasteiger partial charge in [-0.2, -0.15) is 0 Å². The van der Waals surface area contributed by atoms with E-state index in [1.165, 1.54) is 0 Å². The van der Waals surface area contributed by atoms with Gasteiger partial charge in [0, 0.05) is 24.3 Å². The van der Waals surface area contributed by atoms with Gasteiger partial charge in [-0.15, -0.1) is 6.58 Å². The van der Waals surface area contributed by atoms with E-state index in [2.05, 4.69) is 17.2 Å². The van der Waals surface area contributed by atoms with E-state index in [4.69, 9.17) is 4.74 Å². The van der Waals surface area contributed by atoms with Crippen molar-refractivity contribution in [2.75, 3.05) is 25.5 Å². The van der Waals surface area contributed by atoms with Crippen LogP contribution in [0.5, 0.6) is 5.75 Å². The van der Waals surface area contributed by atoms with Gasteiger partial charge >= 0.3 is 6.03 Å². The molecule has 6 heteroatoms. The fourth-order valence-corrected chi connectivity index (χ4v) is 3.37. The molecular weight excluding hydrogens is 354 g/mol. The molecule has 0 bridgehead atoms. The van der Waals surface area contributed by atoms with Crippen LogP contribution in [0.15, 0.2) is 61.2 Å². The number of hydrogen-bond acceptors (Lipinski definition) is 3. The van der Waals surface area contributed by atoms with Gasteiger partial charge in [-0.1, -0.05) is 36.4 Å². The summed E-state index contributed by atoms with van der Waals surface area (Å²) in [5.74, 6) is 0.601. The number of nitrogens with one attached hydrogen (secondary N) is 2. The Morgan fingerprint density at radius 1 is 1.21 bits per heavy atom. The number of hydrogen-bond donors (Lipinski definition) is 2. The Labute approximate surface area is 165 Å². The van der Waals surface area contributed by atoms with Crippen molar-refractivity contribution in [3.8, 4) is 16.9 Å². The van der Waals surface area contributed by atoms with Gasteiger partial charge in [-0.3, -0.25) is 4.79 Å². The third kappa shape index (κ3) is 4.34. The highest BCUT2D eigenvalue weighted by atomic mass is 16.5. The summed E-state index contributed by atoms with van der Waals surface area (Å²) in [5, 5.41) is 5.76. The van der Waals surface area contributed by atoms with Crippen LogP contribution in [0.3, 0.4) is 0 Å². The first-order valence-electron chi connectivity index (χ1n) is 9.33.